The number of ketones is 1. The molecule has 4 rings (SSSR count). The standard InChI is InChI=1S/C7H16O6.6C7H14O5.2C6H12O6.2H2O.3H2/c1-3(9)5(11)7(13)6(12)4(10)2-8;3*1-3-5(9)7(11)6(10)4(2-8)12-3;3*1-2-4(9)6(11)7(12)5(10)3-8;7-1-2-3(8)4(9)5(10)6(11)12-2;7-1-3(9)5(11)6(12)4(10)2-8;;;;;/h3-13H,2H2,1H3;3*3-11H,2H2,1H3;5-8,10-12H,2-3H2,1H3;2,5-12H,3H2,1H3;2,4-12H,1,3H2;2-11H,1H2;1,3-6,8-12H,2H2;2*1H2;3*1H/p+1/b;;;;;4-2-;;;;;;;;/t4*3?,4?,5-,6?,7-;2*5?,6-,7?;4-,5?,6-,7?;2?,3?,4-,5-,6?;3-,4?,5-,6?;;;;;/m111111101...../s1. The van der Waals surface area contributed by atoms with Crippen molar-refractivity contribution in [2.24, 2.45) is 0 Å². The van der Waals surface area contributed by atoms with Crippen molar-refractivity contribution in [3.8, 4) is 0 Å². The molecule has 23 unspecified atom stereocenters. The number of carbonyl (C=O) groups is 2. The summed E-state index contributed by atoms with van der Waals surface area (Å²) in [4.78, 5) is 20.7. The largest absolute Gasteiger partial charge is 0.510 e. The van der Waals surface area contributed by atoms with Gasteiger partial charge < -0.3 is 249 Å². The van der Waals surface area contributed by atoms with E-state index >= 15 is 0 Å². The van der Waals surface area contributed by atoms with Gasteiger partial charge in [-0.3, -0.25) is 4.79 Å². The second-order valence-corrected chi connectivity index (χ2v) is 24.6. The van der Waals surface area contributed by atoms with Gasteiger partial charge in [-0.05, 0) is 33.8 Å². The molecule has 4 heterocycles. The number of carbonyl (C=O) groups excluding carboxylic acids is 2. The smallest absolute Gasteiger partial charge is 0.207 e. The lowest BCUT2D eigenvalue weighted by Crippen LogP contribution is -2.59. The lowest BCUT2D eigenvalue weighted by molar-refractivity contribution is -0.296. The van der Waals surface area contributed by atoms with E-state index in [0.29, 0.717) is 0 Å². The molecule has 0 aromatic rings. The van der Waals surface area contributed by atoms with Gasteiger partial charge in [0.1, 0.15) is 202 Å². The van der Waals surface area contributed by atoms with Gasteiger partial charge in [-0.1, -0.05) is 13.0 Å². The van der Waals surface area contributed by atoms with Gasteiger partial charge in [0.05, 0.1) is 71.2 Å². The third-order valence-corrected chi connectivity index (χ3v) is 16.1. The van der Waals surface area contributed by atoms with E-state index in [-0.39, 0.29) is 47.8 Å². The topological polar surface area (TPSA) is 987 Å². The van der Waals surface area contributed by atoms with Crippen molar-refractivity contribution in [3.63, 3.8) is 0 Å². The summed E-state index contributed by atoms with van der Waals surface area (Å²) in [6.07, 6.45) is -48.9. The van der Waals surface area contributed by atoms with E-state index in [1.807, 2.05) is 0 Å². The maximum Gasteiger partial charge on any atom is 0.207 e. The molecule has 0 radical (unpaired) electrons. The van der Waals surface area contributed by atoms with Crippen molar-refractivity contribution in [2.45, 2.75) is 286 Å². The molecule has 50 heteroatoms. The Balaban J connectivity index is -0.000000133. The van der Waals surface area contributed by atoms with Crippen molar-refractivity contribution >= 4 is 12.1 Å². The highest BCUT2D eigenvalue weighted by Crippen LogP contribution is 2.23. The number of aliphatic hydroxyl groups is 44. The summed E-state index contributed by atoms with van der Waals surface area (Å²) >= 11 is 0. The fourth-order valence-corrected chi connectivity index (χ4v) is 8.51. The average molecular weight is 1670 g/mol. The van der Waals surface area contributed by atoms with Crippen LogP contribution in [0.3, 0.4) is 0 Å². The first kappa shape index (κ1) is 121. The highest BCUT2D eigenvalue weighted by atomic mass is 16.6. The van der Waals surface area contributed by atoms with E-state index in [9.17, 15) is 55.5 Å². The van der Waals surface area contributed by atoms with Crippen molar-refractivity contribution in [1.29, 1.82) is 0 Å². The number of aliphatic hydroxyl groups excluding tert-OH is 42. The first-order valence-corrected chi connectivity index (χ1v) is 33.3. The summed E-state index contributed by atoms with van der Waals surface area (Å²) in [6, 6.07) is 0. The summed E-state index contributed by atoms with van der Waals surface area (Å²) in [5.41, 5.74) is 0. The van der Waals surface area contributed by atoms with Crippen LogP contribution < -0.4 is 0 Å². The predicted molar refractivity (Wildman–Crippen MR) is 372 cm³/mol. The van der Waals surface area contributed by atoms with Crippen molar-refractivity contribution in [3.05, 3.63) is 24.5 Å². The summed E-state index contributed by atoms with van der Waals surface area (Å²) < 4.78 is 18.5. The Hall–Kier alpha value is -3.26. The molecule has 0 aromatic carbocycles. The molecule has 678 valence electrons. The van der Waals surface area contributed by atoms with E-state index < -0.39 is 289 Å². The summed E-state index contributed by atoms with van der Waals surface area (Å²) in [7, 11) is 0. The Kier molecular flexibility index (Phi) is 69.6. The highest BCUT2D eigenvalue weighted by Gasteiger charge is 2.47. The van der Waals surface area contributed by atoms with Crippen LogP contribution >= 0.6 is 0 Å². The minimum absolute atomic E-state index is 0. The van der Waals surface area contributed by atoms with Crippen LogP contribution in [0, 0.1) is 0 Å². The molecule has 50 nitrogen and oxygen atoms in total. The minimum Gasteiger partial charge on any atom is -0.510 e. The van der Waals surface area contributed by atoms with Crippen molar-refractivity contribution in [1.82, 2.24) is 0 Å². The average Bonchev–Trinajstić information content (AvgIpc) is 0.840. The molecule has 0 saturated carbocycles. The fourth-order valence-electron chi connectivity index (χ4n) is 8.51. The number of aldehydes is 1. The first-order chi connectivity index (χ1) is 50.4. The van der Waals surface area contributed by atoms with Crippen LogP contribution in [0.15, 0.2) is 24.5 Å². The predicted octanol–water partition coefficient (Wildman–Crippen LogP) is -23.5. The third-order valence-electron chi connectivity index (χ3n) is 16.1. The molecule has 4 fully saturated rings. The van der Waals surface area contributed by atoms with Crippen LogP contribution in [0.25, 0.3) is 0 Å². The van der Waals surface area contributed by atoms with E-state index in [1.165, 1.54) is 26.8 Å². The van der Waals surface area contributed by atoms with Crippen molar-refractivity contribution in [2.75, 3.05) is 59.5 Å². The zero-order valence-corrected chi connectivity index (χ0v) is 61.3. The number of hydrogen-bond acceptors (Lipinski definition) is 47. The lowest BCUT2D eigenvalue weighted by Gasteiger charge is -2.38. The zero-order chi connectivity index (χ0) is 86.7. The van der Waals surface area contributed by atoms with E-state index in [2.05, 4.69) is 16.1 Å². The molecule has 0 aliphatic carbocycles. The van der Waals surface area contributed by atoms with E-state index in [0.717, 1.165) is 6.08 Å². The quantitative estimate of drug-likeness (QED) is 0.0150. The number of Topliss-reactive ketones (excluding diaryl/α,β-unsaturated/α-hetero) is 1. The fraction of sp³-hybridized carbons (Fsp3) is 0.902. The van der Waals surface area contributed by atoms with Gasteiger partial charge in [0.2, 0.25) is 6.10 Å². The third kappa shape index (κ3) is 42.1. The molecule has 39 atom stereocenters. The molecule has 0 amide bonds. The summed E-state index contributed by atoms with van der Waals surface area (Å²) in [5.74, 6) is -0.995. The maximum absolute atomic E-state index is 10.8. The number of hydrogen-bond donors (Lipinski definition) is 42. The second-order valence-electron chi connectivity index (χ2n) is 24.6. The van der Waals surface area contributed by atoms with Gasteiger partial charge in [-0.2, -0.15) is 0 Å². The molecule has 4 aliphatic rings. The van der Waals surface area contributed by atoms with E-state index in [4.69, 9.17) is 178 Å². The number of allylic oxidation sites excluding steroid dienone is 1. The summed E-state index contributed by atoms with van der Waals surface area (Å²) in [6.45, 7) is 7.09. The summed E-state index contributed by atoms with van der Waals surface area (Å²) in [5, 5.41) is 374. The molecule has 47 N–H and O–H groups in total. The number of rotatable bonds is 28. The highest BCUT2D eigenvalue weighted by molar-refractivity contribution is 5.83. The zero-order valence-electron chi connectivity index (χ0n) is 61.3. The van der Waals surface area contributed by atoms with Gasteiger partial charge >= 0.3 is 0 Å². The molecule has 4 saturated heterocycles. The Labute approximate surface area is 639 Å². The first-order valence-electron chi connectivity index (χ1n) is 33.3. The molecule has 0 bridgehead atoms. The van der Waals surface area contributed by atoms with Crippen LogP contribution in [0.4, 0.5) is 0 Å². The van der Waals surface area contributed by atoms with Gasteiger partial charge in [0.15, 0.2) is 36.7 Å². The van der Waals surface area contributed by atoms with E-state index in [1.54, 1.807) is 20.8 Å². The Bertz CT molecular complexity index is 2110. The lowest BCUT2D eigenvalue weighted by atomic mass is 9.96. The SMILES string of the molecule is C/C=C(\O)[C@@H](O)C(O)C(O)CO.C=C[C@@H](O)[C@@H](O)C(O)C(O)CO.CC(O)[C@@H](O)[C@@H](O)C(O)C(O)CO.CC1OC(CO)C(O)[C@H](O)[C@@H]1O.CC1OC(CO)C(O)[C@H](O)[C@@H]1O.CC1[OH+]C(CO)C(O)[C@H](O)[C@@H]1O.CCC(=O)[C@@H](O)C(O)C(O)CO.O.O.O=C[C@@H](O)[C@@H](O)C(O)C(O)CO.OCC1OC(O)[C@@H](O)[C@@H](O)C1O.[HH].[HH].[HH]. The van der Waals surface area contributed by atoms with Crippen molar-refractivity contribution < 1.29 is 258 Å². The maximum atomic E-state index is 10.8. The molecule has 0 spiro atoms. The van der Waals surface area contributed by atoms with Crippen LogP contribution in [0.5, 0.6) is 0 Å². The monoisotopic (exact) mass is 1670 g/mol. The van der Waals surface area contributed by atoms with Gasteiger partial charge in [0.25, 0.3) is 0 Å². The molecular weight excluding hydrogens is 1530 g/mol. The van der Waals surface area contributed by atoms with Gasteiger partial charge in [-0.25, -0.2) is 0 Å². The van der Waals surface area contributed by atoms with Crippen LogP contribution in [-0.4, -0.2) is 540 Å². The van der Waals surface area contributed by atoms with Gasteiger partial charge in [-0.15, -0.1) is 6.58 Å². The van der Waals surface area contributed by atoms with Crippen LogP contribution in [-0.2, 0) is 23.8 Å². The normalized spacial score (nSPS) is 32.8. The Morgan fingerprint density at radius 2 is 0.712 bits per heavy atom. The Morgan fingerprint density at radius 1 is 0.405 bits per heavy atom. The molecular formula is C61H135O50+. The molecule has 0 aromatic heterocycles. The molecule has 111 heavy (non-hydrogen) atoms. The minimum atomic E-state index is -1.79. The van der Waals surface area contributed by atoms with Crippen LogP contribution in [0.2, 0.25) is 0 Å². The molecule has 4 aliphatic heterocycles. The second kappa shape index (κ2) is 63.8. The van der Waals surface area contributed by atoms with Gasteiger partial charge in [0, 0.05) is 17.6 Å². The Morgan fingerprint density at radius 3 is 1.01 bits per heavy atom. The number of ether oxygens (including phenoxy) is 4. The van der Waals surface area contributed by atoms with Crippen LogP contribution in [0.1, 0.15) is 52.2 Å².